The number of carbonyl (C=O) groups is 5. The van der Waals surface area contributed by atoms with E-state index in [0.717, 1.165) is 0 Å². The van der Waals surface area contributed by atoms with Crippen LogP contribution in [-0.4, -0.2) is 92.7 Å². The molecule has 0 bridgehead atoms. The number of methoxy groups -OCH3 is 1. The third-order valence-corrected chi connectivity index (χ3v) is 6.58. The minimum atomic E-state index is -1.15. The molecule has 15 nitrogen and oxygen atoms in total. The Morgan fingerprint density at radius 3 is 1.45 bits per heavy atom. The van der Waals surface area contributed by atoms with Crippen LogP contribution >= 0.6 is 0 Å². The lowest BCUT2D eigenvalue weighted by Gasteiger charge is -2.20. The first-order valence-corrected chi connectivity index (χ1v) is 16.9. The van der Waals surface area contributed by atoms with Crippen LogP contribution in [0.1, 0.15) is 59.6 Å². The van der Waals surface area contributed by atoms with Crippen LogP contribution in [-0.2, 0) is 19.1 Å². The smallest absolute Gasteiger partial charge is 0.407 e. The van der Waals surface area contributed by atoms with Gasteiger partial charge in [-0.3, -0.25) is 9.59 Å². The van der Waals surface area contributed by atoms with Crippen molar-refractivity contribution in [3.63, 3.8) is 0 Å². The van der Waals surface area contributed by atoms with E-state index < -0.39 is 47.0 Å². The second-order valence-corrected chi connectivity index (χ2v) is 13.4. The fourth-order valence-corrected chi connectivity index (χ4v) is 4.13. The monoisotopic (exact) mass is 741 g/mol. The summed E-state index contributed by atoms with van der Waals surface area (Å²) < 4.78 is 33.1. The molecule has 0 aromatic heterocycles. The number of amides is 3. The first-order valence-electron chi connectivity index (χ1n) is 16.9. The van der Waals surface area contributed by atoms with Gasteiger partial charge in [0, 0.05) is 0 Å². The van der Waals surface area contributed by atoms with Gasteiger partial charge in [-0.25, -0.2) is 14.4 Å². The third-order valence-electron chi connectivity index (χ3n) is 6.58. The van der Waals surface area contributed by atoms with E-state index in [1.54, 1.807) is 90.1 Å². The second-order valence-electron chi connectivity index (χ2n) is 13.4. The van der Waals surface area contributed by atoms with Gasteiger partial charge < -0.3 is 49.5 Å². The Kier molecular flexibility index (Phi) is 17.2. The van der Waals surface area contributed by atoms with Gasteiger partial charge in [-0.05, 0) is 96.0 Å². The van der Waals surface area contributed by atoms with Crippen molar-refractivity contribution >= 4 is 42.0 Å². The van der Waals surface area contributed by atoms with E-state index >= 15 is 0 Å². The highest BCUT2D eigenvalue weighted by atomic mass is 16.6. The van der Waals surface area contributed by atoms with Crippen molar-refractivity contribution in [2.24, 2.45) is 5.92 Å². The minimum Gasteiger partial charge on any atom is -0.493 e. The molecule has 1 unspecified atom stereocenters. The fourth-order valence-electron chi connectivity index (χ4n) is 4.13. The maximum atomic E-state index is 13.0. The maximum absolute atomic E-state index is 13.0. The van der Waals surface area contributed by atoms with Crippen LogP contribution in [0.4, 0.5) is 14.4 Å². The van der Waals surface area contributed by atoms with Gasteiger partial charge in [0.1, 0.15) is 31.0 Å². The van der Waals surface area contributed by atoms with Crippen LogP contribution in [0.2, 0.25) is 0 Å². The zero-order valence-electron chi connectivity index (χ0n) is 31.5. The molecule has 0 aliphatic carbocycles. The number of rotatable bonds is 19. The Hall–Kier alpha value is -5.73. The van der Waals surface area contributed by atoms with E-state index in [-0.39, 0.29) is 39.5 Å². The fraction of sp³-hybridized carbons (Fsp3) is 0.447. The molecular formula is C38H51N3O12. The predicted octanol–water partition coefficient (Wildman–Crippen LogP) is 5.65. The number of hydrogen-bond acceptors (Lipinski definition) is 11. The second kappa shape index (κ2) is 21.0. The van der Waals surface area contributed by atoms with Crippen molar-refractivity contribution in [3.05, 3.63) is 59.7 Å². The van der Waals surface area contributed by atoms with Gasteiger partial charge in [-0.2, -0.15) is 0 Å². The molecule has 2 rings (SSSR count). The van der Waals surface area contributed by atoms with Gasteiger partial charge in [-0.15, -0.1) is 0 Å². The molecule has 0 fully saturated rings. The van der Waals surface area contributed by atoms with Crippen LogP contribution in [0.15, 0.2) is 48.6 Å². The summed E-state index contributed by atoms with van der Waals surface area (Å²) in [5.74, 6) is -0.340. The number of ketones is 2. The van der Waals surface area contributed by atoms with Crippen LogP contribution < -0.4 is 34.9 Å². The molecule has 0 saturated carbocycles. The van der Waals surface area contributed by atoms with Crippen LogP contribution in [0.25, 0.3) is 12.2 Å². The summed E-state index contributed by atoms with van der Waals surface area (Å²) in [5.41, 5.74) is -0.0946. The Balaban J connectivity index is 2.07. The molecule has 0 saturated heterocycles. The van der Waals surface area contributed by atoms with Gasteiger partial charge >= 0.3 is 18.3 Å². The number of nitrogens with one attached hydrogen (secondary N) is 3. The molecule has 0 aliphatic rings. The molecule has 290 valence electrons. The molecule has 3 amide bonds. The number of alkyl carbamates (subject to hydrolysis) is 2. The molecule has 0 radical (unpaired) electrons. The Labute approximate surface area is 310 Å². The van der Waals surface area contributed by atoms with E-state index in [1.807, 2.05) is 0 Å². The van der Waals surface area contributed by atoms with E-state index in [1.165, 1.54) is 26.2 Å². The SMILES string of the molecule is COc1cc(/C=C/C(=O)C(C)C(=O)/C=C/c2ccc(OCCNC(=O)OC(C)(C)C)c(OCCNC(=O)OC(C)(C)C)c2)ccc1OCCNC(=O)O. The zero-order chi connectivity index (χ0) is 39.6. The summed E-state index contributed by atoms with van der Waals surface area (Å²) in [4.78, 5) is 60.4. The molecule has 0 heterocycles. The highest BCUT2D eigenvalue weighted by Crippen LogP contribution is 2.30. The maximum Gasteiger partial charge on any atom is 0.407 e. The Bertz CT molecular complexity index is 1620. The molecule has 53 heavy (non-hydrogen) atoms. The summed E-state index contributed by atoms with van der Waals surface area (Å²) in [6, 6.07) is 9.95. The highest BCUT2D eigenvalue weighted by molar-refractivity contribution is 6.13. The minimum absolute atomic E-state index is 0.0711. The van der Waals surface area contributed by atoms with E-state index in [4.69, 9.17) is 33.5 Å². The molecule has 15 heteroatoms. The van der Waals surface area contributed by atoms with Crippen molar-refractivity contribution in [3.8, 4) is 23.0 Å². The number of carboxylic acid groups (broad SMARTS) is 1. The van der Waals surface area contributed by atoms with Crippen molar-refractivity contribution in [2.75, 3.05) is 46.6 Å². The summed E-state index contributed by atoms with van der Waals surface area (Å²) in [7, 11) is 1.45. The number of carbonyl (C=O) groups excluding carboxylic acids is 4. The summed E-state index contributed by atoms with van der Waals surface area (Å²) in [6.07, 6.45) is 3.39. The summed E-state index contributed by atoms with van der Waals surface area (Å²) >= 11 is 0. The first kappa shape index (κ1) is 43.4. The van der Waals surface area contributed by atoms with E-state index in [2.05, 4.69) is 16.0 Å². The molecule has 1 atom stereocenters. The first-order chi connectivity index (χ1) is 24.9. The highest BCUT2D eigenvalue weighted by Gasteiger charge is 2.19. The van der Waals surface area contributed by atoms with Gasteiger partial charge in [-0.1, -0.05) is 24.3 Å². The average molecular weight is 742 g/mol. The quantitative estimate of drug-likeness (QED) is 0.0786. The van der Waals surface area contributed by atoms with Crippen molar-refractivity contribution in [2.45, 2.75) is 59.7 Å². The Morgan fingerprint density at radius 1 is 0.642 bits per heavy atom. The number of hydrogen-bond donors (Lipinski definition) is 4. The summed E-state index contributed by atoms with van der Waals surface area (Å²) in [5, 5.41) is 16.1. The van der Waals surface area contributed by atoms with E-state index in [0.29, 0.717) is 34.1 Å². The van der Waals surface area contributed by atoms with Crippen LogP contribution in [0.3, 0.4) is 0 Å². The molecule has 2 aromatic carbocycles. The van der Waals surface area contributed by atoms with Crippen molar-refractivity contribution < 1.29 is 57.5 Å². The topological polar surface area (TPSA) is 197 Å². The number of allylic oxidation sites excluding steroid dienone is 2. The lowest BCUT2D eigenvalue weighted by Crippen LogP contribution is -2.35. The molecule has 0 aliphatic heterocycles. The zero-order valence-corrected chi connectivity index (χ0v) is 31.5. The normalized spacial score (nSPS) is 12.1. The lowest BCUT2D eigenvalue weighted by atomic mass is 9.99. The summed E-state index contributed by atoms with van der Waals surface area (Å²) in [6.45, 7) is 12.7. The Morgan fingerprint density at radius 2 is 1.04 bits per heavy atom. The number of ether oxygens (including phenoxy) is 6. The lowest BCUT2D eigenvalue weighted by molar-refractivity contribution is -0.126. The largest absolute Gasteiger partial charge is 0.493 e. The van der Waals surface area contributed by atoms with Gasteiger partial charge in [0.15, 0.2) is 34.6 Å². The molecular weight excluding hydrogens is 690 g/mol. The van der Waals surface area contributed by atoms with Gasteiger partial charge in [0.25, 0.3) is 0 Å². The van der Waals surface area contributed by atoms with Crippen molar-refractivity contribution in [1.29, 1.82) is 0 Å². The van der Waals surface area contributed by atoms with Crippen molar-refractivity contribution in [1.82, 2.24) is 16.0 Å². The van der Waals surface area contributed by atoms with Crippen LogP contribution in [0.5, 0.6) is 23.0 Å². The van der Waals surface area contributed by atoms with E-state index in [9.17, 15) is 24.0 Å². The molecule has 0 spiro atoms. The van der Waals surface area contributed by atoms with Gasteiger partial charge in [0.2, 0.25) is 0 Å². The average Bonchev–Trinajstić information content (AvgIpc) is 3.07. The third kappa shape index (κ3) is 17.9. The standard InChI is InChI=1S/C38H51N3O12/c1-25(28(42)13-9-26-11-15-30(32(23-26)48-8)49-20-17-39-34(44)45)29(43)14-10-27-12-16-31(50-21-18-40-35(46)52-37(2,3)4)33(24-27)51-22-19-41-36(47)53-38(5,6)7/h9-16,23-25,39H,17-22H2,1-8H3,(H,40,46)(H,41,47)(H,44,45)/b13-9+,14-10+. The molecule has 4 N–H and O–H groups in total. The number of benzene rings is 2. The predicted molar refractivity (Wildman–Crippen MR) is 198 cm³/mol. The van der Waals surface area contributed by atoms with Gasteiger partial charge in [0.05, 0.1) is 32.7 Å². The van der Waals surface area contributed by atoms with Crippen LogP contribution in [0, 0.1) is 5.92 Å². The molecule has 2 aromatic rings.